The number of nitrogens with zero attached hydrogens (tertiary/aromatic N) is 1. The highest BCUT2D eigenvalue weighted by molar-refractivity contribution is 6.36. The maximum absolute atomic E-state index is 12.4. The monoisotopic (exact) mass is 506 g/mol. The standard InChI is InChI=1S/C23H17Cl3N2O5/c1-31-21-10-14(12-27-28-22(29)13-32-17-6-3-15(24)4-7-17)2-9-20(21)33-23(30)18-8-5-16(25)11-19(18)26/h2-12H,13H2,1H3,(H,28,29). The maximum Gasteiger partial charge on any atom is 0.345 e. The number of carbonyl (C=O) groups excluding carboxylic acids is 2. The molecule has 7 nitrogen and oxygen atoms in total. The van der Waals surface area contributed by atoms with E-state index < -0.39 is 11.9 Å². The predicted octanol–water partition coefficient (Wildman–Crippen LogP) is 5.40. The summed E-state index contributed by atoms with van der Waals surface area (Å²) in [5.74, 6) is -0.128. The molecule has 0 aromatic heterocycles. The number of halogens is 3. The molecule has 0 aliphatic rings. The van der Waals surface area contributed by atoms with Gasteiger partial charge in [0.2, 0.25) is 0 Å². The molecule has 0 spiro atoms. The van der Waals surface area contributed by atoms with Crippen LogP contribution in [0.5, 0.6) is 17.2 Å². The number of methoxy groups -OCH3 is 1. The van der Waals surface area contributed by atoms with E-state index in [-0.39, 0.29) is 28.7 Å². The van der Waals surface area contributed by atoms with Gasteiger partial charge in [-0.2, -0.15) is 5.10 Å². The third kappa shape index (κ3) is 7.12. The summed E-state index contributed by atoms with van der Waals surface area (Å²) in [7, 11) is 1.43. The number of carbonyl (C=O) groups is 2. The van der Waals surface area contributed by atoms with Crippen LogP contribution in [0.4, 0.5) is 0 Å². The average molecular weight is 508 g/mol. The molecule has 3 aromatic rings. The van der Waals surface area contributed by atoms with E-state index in [2.05, 4.69) is 10.5 Å². The second-order valence-corrected chi connectivity index (χ2v) is 7.74. The van der Waals surface area contributed by atoms with E-state index in [1.165, 1.54) is 37.6 Å². The number of rotatable bonds is 8. The summed E-state index contributed by atoms with van der Waals surface area (Å²) in [6.07, 6.45) is 1.41. The minimum Gasteiger partial charge on any atom is -0.493 e. The Hall–Kier alpha value is -3.26. The van der Waals surface area contributed by atoms with E-state index >= 15 is 0 Å². The van der Waals surface area contributed by atoms with Gasteiger partial charge in [0.05, 0.1) is 23.9 Å². The number of amides is 1. The minimum absolute atomic E-state index is 0.164. The van der Waals surface area contributed by atoms with Crippen molar-refractivity contribution in [2.75, 3.05) is 13.7 Å². The van der Waals surface area contributed by atoms with Crippen LogP contribution >= 0.6 is 34.8 Å². The molecule has 0 aliphatic heterocycles. The molecule has 0 unspecified atom stereocenters. The van der Waals surface area contributed by atoms with Gasteiger partial charge < -0.3 is 14.2 Å². The Balaban J connectivity index is 1.58. The highest BCUT2D eigenvalue weighted by Gasteiger charge is 2.16. The summed E-state index contributed by atoms with van der Waals surface area (Å²) in [6.45, 7) is -0.218. The Morgan fingerprint density at radius 1 is 0.939 bits per heavy atom. The van der Waals surface area contributed by atoms with E-state index in [9.17, 15) is 9.59 Å². The molecular weight excluding hydrogens is 491 g/mol. The molecular formula is C23H17Cl3N2O5. The molecule has 0 heterocycles. The van der Waals surface area contributed by atoms with Crippen molar-refractivity contribution in [3.8, 4) is 17.2 Å². The number of nitrogens with one attached hydrogen (secondary N) is 1. The first kappa shape index (κ1) is 24.4. The van der Waals surface area contributed by atoms with E-state index in [1.807, 2.05) is 0 Å². The zero-order valence-corrected chi connectivity index (χ0v) is 19.4. The van der Waals surface area contributed by atoms with E-state index in [1.54, 1.807) is 36.4 Å². The van der Waals surface area contributed by atoms with Crippen LogP contribution in [0.2, 0.25) is 15.1 Å². The Bertz CT molecular complexity index is 1180. The molecule has 0 saturated heterocycles. The van der Waals surface area contributed by atoms with Gasteiger partial charge in [0.1, 0.15) is 5.75 Å². The number of esters is 1. The van der Waals surface area contributed by atoms with Crippen molar-refractivity contribution in [3.05, 3.63) is 86.9 Å². The third-order valence-corrected chi connectivity index (χ3v) is 4.93. The number of hydrazone groups is 1. The van der Waals surface area contributed by atoms with Gasteiger partial charge in [-0.15, -0.1) is 0 Å². The Morgan fingerprint density at radius 2 is 1.67 bits per heavy atom. The van der Waals surface area contributed by atoms with Crippen molar-refractivity contribution in [1.29, 1.82) is 0 Å². The predicted molar refractivity (Wildman–Crippen MR) is 127 cm³/mol. The van der Waals surface area contributed by atoms with E-state index in [0.29, 0.717) is 21.4 Å². The Morgan fingerprint density at radius 3 is 2.36 bits per heavy atom. The van der Waals surface area contributed by atoms with Gasteiger partial charge in [-0.05, 0) is 66.2 Å². The normalized spacial score (nSPS) is 10.7. The number of hydrogen-bond acceptors (Lipinski definition) is 6. The van der Waals surface area contributed by atoms with Gasteiger partial charge >= 0.3 is 5.97 Å². The van der Waals surface area contributed by atoms with Crippen molar-refractivity contribution >= 4 is 52.9 Å². The van der Waals surface area contributed by atoms with Gasteiger partial charge in [-0.3, -0.25) is 4.79 Å². The number of ether oxygens (including phenoxy) is 3. The summed E-state index contributed by atoms with van der Waals surface area (Å²) in [5, 5.41) is 5.03. The van der Waals surface area contributed by atoms with E-state index in [4.69, 9.17) is 49.0 Å². The van der Waals surface area contributed by atoms with Crippen LogP contribution in [0.25, 0.3) is 0 Å². The topological polar surface area (TPSA) is 86.2 Å². The highest BCUT2D eigenvalue weighted by atomic mass is 35.5. The smallest absolute Gasteiger partial charge is 0.345 e. The molecule has 3 rings (SSSR count). The molecule has 0 saturated carbocycles. The van der Waals surface area contributed by atoms with Gasteiger partial charge in [-0.25, -0.2) is 10.2 Å². The summed E-state index contributed by atoms with van der Waals surface area (Å²) in [5.41, 5.74) is 3.11. The molecule has 10 heteroatoms. The van der Waals surface area contributed by atoms with Crippen LogP contribution in [-0.4, -0.2) is 31.8 Å². The lowest BCUT2D eigenvalue weighted by molar-refractivity contribution is -0.123. The van der Waals surface area contributed by atoms with Gasteiger partial charge in [0, 0.05) is 10.0 Å². The second-order valence-electron chi connectivity index (χ2n) is 6.46. The average Bonchev–Trinajstić information content (AvgIpc) is 2.79. The second kappa shape index (κ2) is 11.6. The fourth-order valence-electron chi connectivity index (χ4n) is 2.55. The number of benzene rings is 3. The lowest BCUT2D eigenvalue weighted by atomic mass is 10.2. The molecule has 0 radical (unpaired) electrons. The third-order valence-electron chi connectivity index (χ3n) is 4.13. The highest BCUT2D eigenvalue weighted by Crippen LogP contribution is 2.30. The Kier molecular flexibility index (Phi) is 8.54. The van der Waals surface area contributed by atoms with Crippen LogP contribution in [0.3, 0.4) is 0 Å². The molecule has 1 N–H and O–H groups in total. The van der Waals surface area contributed by atoms with Crippen LogP contribution in [0.1, 0.15) is 15.9 Å². The van der Waals surface area contributed by atoms with Crippen molar-refractivity contribution in [1.82, 2.24) is 5.43 Å². The summed E-state index contributed by atoms with van der Waals surface area (Å²) < 4.78 is 16.0. The zero-order chi connectivity index (χ0) is 23.8. The number of hydrogen-bond donors (Lipinski definition) is 1. The van der Waals surface area contributed by atoms with Crippen LogP contribution in [0, 0.1) is 0 Å². The van der Waals surface area contributed by atoms with Crippen LogP contribution < -0.4 is 19.6 Å². The van der Waals surface area contributed by atoms with Crippen molar-refractivity contribution < 1.29 is 23.8 Å². The molecule has 1 amide bonds. The summed E-state index contributed by atoms with van der Waals surface area (Å²) in [6, 6.07) is 15.8. The minimum atomic E-state index is -0.663. The molecule has 170 valence electrons. The van der Waals surface area contributed by atoms with Crippen molar-refractivity contribution in [2.24, 2.45) is 5.10 Å². The first-order valence-electron chi connectivity index (χ1n) is 9.41. The van der Waals surface area contributed by atoms with Crippen molar-refractivity contribution in [2.45, 2.75) is 0 Å². The molecule has 0 aliphatic carbocycles. The summed E-state index contributed by atoms with van der Waals surface area (Å²) in [4.78, 5) is 24.3. The van der Waals surface area contributed by atoms with E-state index in [0.717, 1.165) is 0 Å². The van der Waals surface area contributed by atoms with Crippen LogP contribution in [-0.2, 0) is 4.79 Å². The summed E-state index contributed by atoms with van der Waals surface area (Å²) >= 11 is 17.7. The zero-order valence-electron chi connectivity index (χ0n) is 17.2. The fraction of sp³-hybridized carbons (Fsp3) is 0.0870. The quantitative estimate of drug-likeness (QED) is 0.191. The molecule has 0 atom stereocenters. The fourth-order valence-corrected chi connectivity index (χ4v) is 3.16. The maximum atomic E-state index is 12.4. The SMILES string of the molecule is COc1cc(C=NNC(=O)COc2ccc(Cl)cc2)ccc1OC(=O)c1ccc(Cl)cc1Cl. The van der Waals surface area contributed by atoms with Gasteiger partial charge in [0.25, 0.3) is 5.91 Å². The first-order valence-corrected chi connectivity index (χ1v) is 10.5. The lowest BCUT2D eigenvalue weighted by Crippen LogP contribution is -2.24. The molecule has 3 aromatic carbocycles. The van der Waals surface area contributed by atoms with Gasteiger partial charge in [-0.1, -0.05) is 34.8 Å². The molecule has 0 fully saturated rings. The Labute approximate surface area is 204 Å². The van der Waals surface area contributed by atoms with Gasteiger partial charge in [0.15, 0.2) is 18.1 Å². The van der Waals surface area contributed by atoms with Crippen LogP contribution in [0.15, 0.2) is 65.8 Å². The molecule has 0 bridgehead atoms. The molecule has 33 heavy (non-hydrogen) atoms. The first-order chi connectivity index (χ1) is 15.9. The van der Waals surface area contributed by atoms with Crippen molar-refractivity contribution in [3.63, 3.8) is 0 Å². The lowest BCUT2D eigenvalue weighted by Gasteiger charge is -2.10. The largest absolute Gasteiger partial charge is 0.493 e.